The van der Waals surface area contributed by atoms with Gasteiger partial charge in [0.15, 0.2) is 0 Å². The highest BCUT2D eigenvalue weighted by atomic mass is 31.2. The predicted molar refractivity (Wildman–Crippen MR) is 108 cm³/mol. The summed E-state index contributed by atoms with van der Waals surface area (Å²) < 4.78 is 13.4. The van der Waals surface area contributed by atoms with Gasteiger partial charge in [0.25, 0.3) is 11.6 Å². The Labute approximate surface area is 161 Å². The van der Waals surface area contributed by atoms with Crippen LogP contribution in [0.5, 0.6) is 0 Å². The van der Waals surface area contributed by atoms with E-state index in [0.29, 0.717) is 11.4 Å². The molecule has 0 aliphatic rings. The zero-order valence-corrected chi connectivity index (χ0v) is 15.5. The molecule has 0 unspecified atom stereocenters. The lowest BCUT2D eigenvalue weighted by molar-refractivity contribution is -0.384. The third kappa shape index (κ3) is 4.96. The molecular formula is C19H17N4O4P. The molecule has 3 N–H and O–H groups in total. The van der Waals surface area contributed by atoms with Gasteiger partial charge in [-0.2, -0.15) is 0 Å². The molecule has 3 rings (SSSR count). The number of amides is 1. The third-order valence-corrected chi connectivity index (χ3v) is 5.38. The molecule has 0 saturated heterocycles. The normalized spacial score (nSPS) is 10.7. The van der Waals surface area contributed by atoms with E-state index in [2.05, 4.69) is 15.3 Å². The number of nitrogens with one attached hydrogen (secondary N) is 3. The first-order valence-electron chi connectivity index (χ1n) is 8.29. The number of hydrogen-bond acceptors (Lipinski definition) is 4. The van der Waals surface area contributed by atoms with E-state index in [1.165, 1.54) is 24.3 Å². The van der Waals surface area contributed by atoms with Crippen LogP contribution >= 0.6 is 7.59 Å². The molecule has 0 fully saturated rings. The van der Waals surface area contributed by atoms with Crippen LogP contribution in [0.3, 0.4) is 0 Å². The Morgan fingerprint density at radius 1 is 0.786 bits per heavy atom. The molecule has 0 spiro atoms. The van der Waals surface area contributed by atoms with Crippen molar-refractivity contribution in [2.45, 2.75) is 0 Å². The maximum atomic E-state index is 13.4. The van der Waals surface area contributed by atoms with Gasteiger partial charge >= 0.3 is 7.59 Å². The second kappa shape index (κ2) is 8.37. The van der Waals surface area contributed by atoms with Crippen molar-refractivity contribution in [2.24, 2.45) is 0 Å². The summed E-state index contributed by atoms with van der Waals surface area (Å²) in [5.74, 6) is -0.634. The van der Waals surface area contributed by atoms with E-state index in [4.69, 9.17) is 0 Å². The zero-order valence-electron chi connectivity index (χ0n) is 14.6. The van der Waals surface area contributed by atoms with Gasteiger partial charge in [-0.1, -0.05) is 36.4 Å². The fourth-order valence-corrected chi connectivity index (χ4v) is 4.02. The fourth-order valence-electron chi connectivity index (χ4n) is 2.41. The van der Waals surface area contributed by atoms with E-state index in [1.807, 2.05) is 12.1 Å². The summed E-state index contributed by atoms with van der Waals surface area (Å²) >= 11 is 0. The molecule has 1 amide bonds. The van der Waals surface area contributed by atoms with Crippen LogP contribution in [0, 0.1) is 10.1 Å². The minimum absolute atomic E-state index is 0.135. The van der Waals surface area contributed by atoms with Gasteiger partial charge < -0.3 is 10.2 Å². The molecule has 0 aliphatic heterocycles. The Morgan fingerprint density at radius 3 is 1.68 bits per heavy atom. The van der Waals surface area contributed by atoms with Crippen LogP contribution in [0.15, 0.2) is 84.9 Å². The summed E-state index contributed by atoms with van der Waals surface area (Å²) in [7, 11) is -3.65. The van der Waals surface area contributed by atoms with Crippen LogP contribution in [0.1, 0.15) is 10.4 Å². The van der Waals surface area contributed by atoms with Crippen molar-refractivity contribution in [1.82, 2.24) is 5.09 Å². The SMILES string of the molecule is O=C(NP(=O)(Nc1ccccc1)Nc1ccccc1)c1ccc([N+](=O)[O-])cc1. The number of nitro groups is 1. The smallest absolute Gasteiger partial charge is 0.304 e. The van der Waals surface area contributed by atoms with E-state index < -0.39 is 18.4 Å². The van der Waals surface area contributed by atoms with Crippen LogP contribution in [0.4, 0.5) is 17.1 Å². The topological polar surface area (TPSA) is 113 Å². The van der Waals surface area contributed by atoms with Gasteiger partial charge in [-0.25, -0.2) is 0 Å². The predicted octanol–water partition coefficient (Wildman–Crippen LogP) is 4.66. The second-order valence-corrected chi connectivity index (χ2v) is 7.70. The van der Waals surface area contributed by atoms with Gasteiger partial charge in [-0.3, -0.25) is 24.6 Å². The number of benzene rings is 3. The maximum Gasteiger partial charge on any atom is 0.355 e. The third-order valence-electron chi connectivity index (χ3n) is 3.72. The summed E-state index contributed by atoms with van der Waals surface area (Å²) in [6.07, 6.45) is 0. The average molecular weight is 396 g/mol. The first-order chi connectivity index (χ1) is 13.5. The van der Waals surface area contributed by atoms with E-state index in [1.54, 1.807) is 48.5 Å². The molecule has 0 aliphatic carbocycles. The molecule has 0 aromatic heterocycles. The van der Waals surface area contributed by atoms with Gasteiger partial charge in [0.05, 0.1) is 4.92 Å². The highest BCUT2D eigenvalue weighted by molar-refractivity contribution is 7.65. The number of nitro benzene ring substituents is 1. The minimum atomic E-state index is -3.65. The van der Waals surface area contributed by atoms with Crippen LogP contribution in [-0.4, -0.2) is 10.8 Å². The minimum Gasteiger partial charge on any atom is -0.304 e. The molecule has 0 radical (unpaired) electrons. The number of rotatable bonds is 7. The number of carbonyl (C=O) groups excluding carboxylic acids is 1. The molecule has 142 valence electrons. The van der Waals surface area contributed by atoms with Crippen molar-refractivity contribution in [3.8, 4) is 0 Å². The van der Waals surface area contributed by atoms with Gasteiger partial charge in [-0.15, -0.1) is 0 Å². The number of para-hydroxylation sites is 2. The van der Waals surface area contributed by atoms with Crippen molar-refractivity contribution in [3.05, 3.63) is 101 Å². The van der Waals surface area contributed by atoms with Crippen molar-refractivity contribution in [2.75, 3.05) is 10.2 Å². The fraction of sp³-hybridized carbons (Fsp3) is 0. The number of anilines is 2. The van der Waals surface area contributed by atoms with Crippen LogP contribution < -0.4 is 15.3 Å². The Kier molecular flexibility index (Phi) is 5.72. The highest BCUT2D eigenvalue weighted by Gasteiger charge is 2.26. The highest BCUT2D eigenvalue weighted by Crippen LogP contribution is 2.41. The van der Waals surface area contributed by atoms with E-state index in [9.17, 15) is 19.5 Å². The number of non-ortho nitro benzene ring substituents is 1. The lowest BCUT2D eigenvalue weighted by atomic mass is 10.2. The number of carbonyl (C=O) groups is 1. The monoisotopic (exact) mass is 396 g/mol. The molecule has 9 heteroatoms. The second-order valence-electron chi connectivity index (χ2n) is 5.81. The number of hydrogen-bond donors (Lipinski definition) is 3. The van der Waals surface area contributed by atoms with Gasteiger partial charge in [0.1, 0.15) is 0 Å². The van der Waals surface area contributed by atoms with Crippen LogP contribution in [0.2, 0.25) is 0 Å². The molecule has 28 heavy (non-hydrogen) atoms. The Balaban J connectivity index is 1.84. The van der Waals surface area contributed by atoms with Crippen molar-refractivity contribution in [3.63, 3.8) is 0 Å². The first-order valence-corrected chi connectivity index (χ1v) is 10.00. The van der Waals surface area contributed by atoms with E-state index in [0.717, 1.165) is 0 Å². The largest absolute Gasteiger partial charge is 0.355 e. The molecule has 0 heterocycles. The summed E-state index contributed by atoms with van der Waals surface area (Å²) in [6.45, 7) is 0. The lowest BCUT2D eigenvalue weighted by Gasteiger charge is -2.23. The molecule has 8 nitrogen and oxygen atoms in total. The molecule has 3 aromatic carbocycles. The summed E-state index contributed by atoms with van der Waals surface area (Å²) in [4.78, 5) is 22.8. The van der Waals surface area contributed by atoms with Crippen LogP contribution in [0.25, 0.3) is 0 Å². The Bertz CT molecular complexity index is 966. The molecule has 0 bridgehead atoms. The molecule has 0 atom stereocenters. The quantitative estimate of drug-likeness (QED) is 0.304. The molecule has 0 saturated carbocycles. The van der Waals surface area contributed by atoms with E-state index >= 15 is 0 Å². The van der Waals surface area contributed by atoms with Gasteiger partial charge in [0.2, 0.25) is 0 Å². The summed E-state index contributed by atoms with van der Waals surface area (Å²) in [5.41, 5.74) is 1.12. The van der Waals surface area contributed by atoms with Gasteiger partial charge in [-0.05, 0) is 36.4 Å². The summed E-state index contributed by atoms with van der Waals surface area (Å²) in [6, 6.07) is 22.6. The molecular weight excluding hydrogens is 379 g/mol. The van der Waals surface area contributed by atoms with E-state index in [-0.39, 0.29) is 11.3 Å². The first kappa shape index (κ1) is 19.1. The van der Waals surface area contributed by atoms with Gasteiger partial charge in [0, 0.05) is 29.1 Å². The standard InChI is InChI=1S/C19H17N4O4P/c24-19(15-11-13-18(14-12-15)23(25)26)22-28(27,20-16-7-3-1-4-8-16)21-17-9-5-2-6-10-17/h1-14H,(H3,20,21,22,24,27). The Hall–Kier alpha value is -3.64. The zero-order chi connectivity index (χ0) is 20.0. The maximum absolute atomic E-state index is 13.4. The molecule has 3 aromatic rings. The Morgan fingerprint density at radius 2 is 1.25 bits per heavy atom. The number of nitrogens with zero attached hydrogens (tertiary/aromatic N) is 1. The van der Waals surface area contributed by atoms with Crippen molar-refractivity contribution < 1.29 is 14.3 Å². The summed E-state index contributed by atoms with van der Waals surface area (Å²) in [5, 5.41) is 18.9. The van der Waals surface area contributed by atoms with Crippen molar-refractivity contribution in [1.29, 1.82) is 0 Å². The average Bonchev–Trinajstić information content (AvgIpc) is 2.69. The van der Waals surface area contributed by atoms with Crippen molar-refractivity contribution >= 4 is 30.6 Å². The lowest BCUT2D eigenvalue weighted by Crippen LogP contribution is -2.27. The van der Waals surface area contributed by atoms with Crippen LogP contribution in [-0.2, 0) is 4.57 Å².